The number of carboxylic acid groups (broad SMARTS) is 1. The van der Waals surface area contributed by atoms with Crippen LogP contribution in [0.25, 0.3) is 0 Å². The Kier molecular flexibility index (Phi) is 4.10. The lowest BCUT2D eigenvalue weighted by Crippen LogP contribution is -2.36. The SMILES string of the molecule is Cc1cc(F)c(C(=O)O)cc1S(=O)(=O)N1CCCCC1. The summed E-state index contributed by atoms with van der Waals surface area (Å²) in [6, 6.07) is 1.87. The Morgan fingerprint density at radius 3 is 2.40 bits per heavy atom. The number of halogens is 1. The van der Waals surface area contributed by atoms with Crippen LogP contribution in [0.3, 0.4) is 0 Å². The molecule has 2 rings (SSSR count). The fourth-order valence-electron chi connectivity index (χ4n) is 2.34. The van der Waals surface area contributed by atoms with Crippen LogP contribution in [-0.4, -0.2) is 36.9 Å². The van der Waals surface area contributed by atoms with Crippen LogP contribution in [0.5, 0.6) is 0 Å². The third-order valence-electron chi connectivity index (χ3n) is 3.43. The van der Waals surface area contributed by atoms with Crippen LogP contribution >= 0.6 is 0 Å². The van der Waals surface area contributed by atoms with E-state index in [1.807, 2.05) is 0 Å². The smallest absolute Gasteiger partial charge is 0.338 e. The van der Waals surface area contributed by atoms with E-state index in [0.29, 0.717) is 13.1 Å². The molecule has 0 aliphatic carbocycles. The summed E-state index contributed by atoms with van der Waals surface area (Å²) in [5.74, 6) is -2.40. The Bertz CT molecular complexity index is 636. The maximum atomic E-state index is 13.5. The van der Waals surface area contributed by atoms with Gasteiger partial charge in [0.1, 0.15) is 5.82 Å². The van der Waals surface area contributed by atoms with Gasteiger partial charge in [-0.1, -0.05) is 6.42 Å². The zero-order valence-electron chi connectivity index (χ0n) is 11.1. The molecule has 0 bridgehead atoms. The number of benzene rings is 1. The minimum atomic E-state index is -3.76. The molecule has 0 aromatic heterocycles. The van der Waals surface area contributed by atoms with Crippen LogP contribution < -0.4 is 0 Å². The molecule has 110 valence electrons. The molecule has 1 N–H and O–H groups in total. The number of sulfonamides is 1. The van der Waals surface area contributed by atoms with Crippen LogP contribution in [0.4, 0.5) is 4.39 Å². The highest BCUT2D eigenvalue weighted by atomic mass is 32.2. The minimum absolute atomic E-state index is 0.127. The van der Waals surface area contributed by atoms with Crippen LogP contribution in [0, 0.1) is 12.7 Å². The van der Waals surface area contributed by atoms with Gasteiger partial charge in [0.25, 0.3) is 0 Å². The van der Waals surface area contributed by atoms with Crippen LogP contribution in [0.1, 0.15) is 35.2 Å². The van der Waals surface area contributed by atoms with Gasteiger partial charge in [0, 0.05) is 13.1 Å². The predicted molar refractivity (Wildman–Crippen MR) is 70.7 cm³/mol. The van der Waals surface area contributed by atoms with Crippen LogP contribution in [-0.2, 0) is 10.0 Å². The van der Waals surface area contributed by atoms with Gasteiger partial charge >= 0.3 is 5.97 Å². The van der Waals surface area contributed by atoms with Gasteiger partial charge in [0.15, 0.2) is 0 Å². The number of carboxylic acids is 1. The number of aryl methyl sites for hydroxylation is 1. The van der Waals surface area contributed by atoms with Crippen molar-refractivity contribution in [3.63, 3.8) is 0 Å². The van der Waals surface area contributed by atoms with E-state index in [1.165, 1.54) is 11.2 Å². The summed E-state index contributed by atoms with van der Waals surface area (Å²) < 4.78 is 39.9. The average Bonchev–Trinajstić information content (AvgIpc) is 2.39. The van der Waals surface area contributed by atoms with Gasteiger partial charge in [-0.2, -0.15) is 4.31 Å². The summed E-state index contributed by atoms with van der Waals surface area (Å²) in [4.78, 5) is 10.8. The molecule has 20 heavy (non-hydrogen) atoms. The molecule has 0 saturated carbocycles. The fourth-order valence-corrected chi connectivity index (χ4v) is 4.09. The highest BCUT2D eigenvalue weighted by Gasteiger charge is 2.29. The van der Waals surface area contributed by atoms with Gasteiger partial charge in [-0.05, 0) is 37.5 Å². The maximum absolute atomic E-state index is 13.5. The van der Waals surface area contributed by atoms with Crippen molar-refractivity contribution in [2.75, 3.05) is 13.1 Å². The first-order valence-electron chi connectivity index (χ1n) is 6.37. The van der Waals surface area contributed by atoms with Crippen molar-refractivity contribution in [2.45, 2.75) is 31.1 Å². The highest BCUT2D eigenvalue weighted by Crippen LogP contribution is 2.25. The number of aromatic carboxylic acids is 1. The third kappa shape index (κ3) is 2.69. The second-order valence-electron chi connectivity index (χ2n) is 4.87. The van der Waals surface area contributed by atoms with Crippen LogP contribution in [0.15, 0.2) is 17.0 Å². The molecule has 0 atom stereocenters. The van der Waals surface area contributed by atoms with Crippen molar-refractivity contribution in [3.8, 4) is 0 Å². The number of hydrogen-bond donors (Lipinski definition) is 1. The molecule has 1 aromatic carbocycles. The molecule has 1 saturated heterocycles. The monoisotopic (exact) mass is 301 g/mol. The second-order valence-corrected chi connectivity index (χ2v) is 6.77. The van der Waals surface area contributed by atoms with E-state index in [1.54, 1.807) is 0 Å². The standard InChI is InChI=1S/C13H16FNO4S/c1-9-7-11(14)10(13(16)17)8-12(9)20(18,19)15-5-3-2-4-6-15/h7-8H,2-6H2,1H3,(H,16,17). The van der Waals surface area contributed by atoms with E-state index in [9.17, 15) is 17.6 Å². The Labute approximate surface area is 117 Å². The quantitative estimate of drug-likeness (QED) is 0.926. The highest BCUT2D eigenvalue weighted by molar-refractivity contribution is 7.89. The van der Waals surface area contributed by atoms with Crippen molar-refractivity contribution in [1.82, 2.24) is 4.31 Å². The number of carbonyl (C=O) groups is 1. The van der Waals surface area contributed by atoms with E-state index in [4.69, 9.17) is 5.11 Å². The number of piperidine rings is 1. The van der Waals surface area contributed by atoms with Crippen LogP contribution in [0.2, 0.25) is 0 Å². The van der Waals surface area contributed by atoms with Gasteiger partial charge < -0.3 is 5.11 Å². The summed E-state index contributed by atoms with van der Waals surface area (Å²) in [7, 11) is -3.76. The molecule has 7 heteroatoms. The van der Waals surface area contributed by atoms with Crippen molar-refractivity contribution in [2.24, 2.45) is 0 Å². The van der Waals surface area contributed by atoms with Crippen molar-refractivity contribution >= 4 is 16.0 Å². The lowest BCUT2D eigenvalue weighted by atomic mass is 10.1. The van der Waals surface area contributed by atoms with Crippen molar-refractivity contribution in [3.05, 3.63) is 29.1 Å². The number of hydrogen-bond acceptors (Lipinski definition) is 3. The summed E-state index contributed by atoms with van der Waals surface area (Å²) in [5.41, 5.74) is -0.399. The summed E-state index contributed by atoms with van der Waals surface area (Å²) in [5, 5.41) is 8.91. The number of rotatable bonds is 3. The Hall–Kier alpha value is -1.47. The van der Waals surface area contributed by atoms with Gasteiger partial charge in [-0.15, -0.1) is 0 Å². The van der Waals surface area contributed by atoms with Crippen molar-refractivity contribution < 1.29 is 22.7 Å². The zero-order valence-corrected chi connectivity index (χ0v) is 11.9. The van der Waals surface area contributed by atoms with Gasteiger partial charge in [-0.3, -0.25) is 0 Å². The summed E-state index contributed by atoms with van der Waals surface area (Å²) in [6.07, 6.45) is 2.55. The van der Waals surface area contributed by atoms with E-state index >= 15 is 0 Å². The summed E-state index contributed by atoms with van der Waals surface area (Å²) in [6.45, 7) is 2.30. The molecule has 1 fully saturated rings. The summed E-state index contributed by atoms with van der Waals surface area (Å²) >= 11 is 0. The molecule has 1 aliphatic rings. The van der Waals surface area contributed by atoms with E-state index in [-0.39, 0.29) is 10.5 Å². The molecule has 5 nitrogen and oxygen atoms in total. The second kappa shape index (κ2) is 5.49. The number of nitrogens with zero attached hydrogens (tertiary/aromatic N) is 1. The predicted octanol–water partition coefficient (Wildman–Crippen LogP) is 2.01. The Morgan fingerprint density at radius 2 is 1.85 bits per heavy atom. The van der Waals surface area contributed by atoms with E-state index in [2.05, 4.69) is 0 Å². The molecule has 0 amide bonds. The van der Waals surface area contributed by atoms with Gasteiger partial charge in [-0.25, -0.2) is 17.6 Å². The molecular weight excluding hydrogens is 285 g/mol. The minimum Gasteiger partial charge on any atom is -0.478 e. The molecule has 1 aliphatic heterocycles. The first-order chi connectivity index (χ1) is 9.34. The first-order valence-corrected chi connectivity index (χ1v) is 7.81. The van der Waals surface area contributed by atoms with E-state index < -0.39 is 27.4 Å². The topological polar surface area (TPSA) is 74.7 Å². The lowest BCUT2D eigenvalue weighted by Gasteiger charge is -2.26. The molecule has 0 spiro atoms. The average molecular weight is 301 g/mol. The molecule has 1 aromatic rings. The van der Waals surface area contributed by atoms with Gasteiger partial charge in [0.2, 0.25) is 10.0 Å². The largest absolute Gasteiger partial charge is 0.478 e. The Balaban J connectivity index is 2.50. The first kappa shape index (κ1) is 14.9. The zero-order chi connectivity index (χ0) is 14.9. The lowest BCUT2D eigenvalue weighted by molar-refractivity contribution is 0.0691. The molecular formula is C13H16FNO4S. The maximum Gasteiger partial charge on any atom is 0.338 e. The third-order valence-corrected chi connectivity index (χ3v) is 5.47. The molecule has 1 heterocycles. The fraction of sp³-hybridized carbons (Fsp3) is 0.462. The van der Waals surface area contributed by atoms with Gasteiger partial charge in [0.05, 0.1) is 10.5 Å². The van der Waals surface area contributed by atoms with Crippen molar-refractivity contribution in [1.29, 1.82) is 0 Å². The van der Waals surface area contributed by atoms with E-state index in [0.717, 1.165) is 31.4 Å². The normalized spacial score (nSPS) is 17.1. The molecule has 0 unspecified atom stereocenters. The Morgan fingerprint density at radius 1 is 1.25 bits per heavy atom. The molecule has 0 radical (unpaired) electrons.